The number of carboxylic acids is 1. The molecule has 0 spiro atoms. The number of aliphatic carboxylic acids is 1. The summed E-state index contributed by atoms with van der Waals surface area (Å²) in [6.07, 6.45) is 0.827. The van der Waals surface area contributed by atoms with Gasteiger partial charge in [0.05, 0.1) is 19.3 Å². The summed E-state index contributed by atoms with van der Waals surface area (Å²) < 4.78 is 5.04. The van der Waals surface area contributed by atoms with Gasteiger partial charge in [0.15, 0.2) is 0 Å². The highest BCUT2D eigenvalue weighted by molar-refractivity contribution is 5.77. The lowest BCUT2D eigenvalue weighted by atomic mass is 10.0. The largest absolute Gasteiger partial charge is 0.481 e. The molecule has 2 unspecified atom stereocenters. The third-order valence-corrected chi connectivity index (χ3v) is 2.60. The predicted octanol–water partition coefficient (Wildman–Crippen LogP) is -1.01. The van der Waals surface area contributed by atoms with Gasteiger partial charge in [-0.2, -0.15) is 0 Å². The van der Waals surface area contributed by atoms with Crippen LogP contribution in [-0.4, -0.2) is 56.5 Å². The lowest BCUT2D eigenvalue weighted by Gasteiger charge is -2.16. The highest BCUT2D eigenvalue weighted by Crippen LogP contribution is 2.13. The highest BCUT2D eigenvalue weighted by Gasteiger charge is 2.34. The van der Waals surface area contributed by atoms with Crippen LogP contribution < -0.4 is 16.0 Å². The summed E-state index contributed by atoms with van der Waals surface area (Å²) >= 11 is 0. The van der Waals surface area contributed by atoms with Crippen molar-refractivity contribution in [2.75, 3.05) is 33.4 Å². The normalized spacial score (nSPS) is 23.4. The van der Waals surface area contributed by atoms with E-state index in [9.17, 15) is 9.59 Å². The molecule has 7 nitrogen and oxygen atoms in total. The van der Waals surface area contributed by atoms with Gasteiger partial charge in [0, 0.05) is 6.54 Å². The van der Waals surface area contributed by atoms with Crippen LogP contribution in [0.25, 0.3) is 0 Å². The molecule has 1 fully saturated rings. The third-order valence-electron chi connectivity index (χ3n) is 2.60. The number of hydrogen-bond acceptors (Lipinski definition) is 4. The van der Waals surface area contributed by atoms with E-state index in [2.05, 4.69) is 16.0 Å². The number of amides is 2. The standard InChI is InChI=1S/C10H19N3O4/c1-11-3-2-4-12-10(16)13-8-6-17-5-7(8)9(14)15/h7-8,11H,2-6H2,1H3,(H,14,15)(H2,12,13,16). The van der Waals surface area contributed by atoms with Crippen molar-refractivity contribution in [3.8, 4) is 0 Å². The molecule has 2 atom stereocenters. The Kier molecular flexibility index (Phi) is 5.71. The third kappa shape index (κ3) is 4.58. The Morgan fingerprint density at radius 1 is 1.35 bits per heavy atom. The highest BCUT2D eigenvalue weighted by atomic mass is 16.5. The van der Waals surface area contributed by atoms with Crippen LogP contribution >= 0.6 is 0 Å². The Balaban J connectivity index is 2.23. The van der Waals surface area contributed by atoms with Gasteiger partial charge in [0.25, 0.3) is 0 Å². The van der Waals surface area contributed by atoms with Crippen LogP contribution in [0.4, 0.5) is 4.79 Å². The Labute approximate surface area is 99.9 Å². The topological polar surface area (TPSA) is 99.7 Å². The number of ether oxygens (including phenoxy) is 1. The molecule has 1 aliphatic heterocycles. The van der Waals surface area contributed by atoms with Crippen molar-refractivity contribution in [2.24, 2.45) is 5.92 Å². The molecular weight excluding hydrogens is 226 g/mol. The smallest absolute Gasteiger partial charge is 0.315 e. The first-order valence-corrected chi connectivity index (χ1v) is 5.64. The van der Waals surface area contributed by atoms with Gasteiger partial charge in [0.1, 0.15) is 5.92 Å². The maximum Gasteiger partial charge on any atom is 0.315 e. The zero-order valence-corrected chi connectivity index (χ0v) is 9.86. The second-order valence-electron chi connectivity index (χ2n) is 3.95. The zero-order valence-electron chi connectivity index (χ0n) is 9.86. The minimum Gasteiger partial charge on any atom is -0.481 e. The molecule has 98 valence electrons. The van der Waals surface area contributed by atoms with E-state index in [4.69, 9.17) is 9.84 Å². The Hall–Kier alpha value is -1.34. The summed E-state index contributed by atoms with van der Waals surface area (Å²) in [5.74, 6) is -1.60. The summed E-state index contributed by atoms with van der Waals surface area (Å²) in [4.78, 5) is 22.3. The van der Waals surface area contributed by atoms with Crippen molar-refractivity contribution >= 4 is 12.0 Å². The van der Waals surface area contributed by atoms with E-state index in [0.29, 0.717) is 6.54 Å². The molecule has 7 heteroatoms. The van der Waals surface area contributed by atoms with Gasteiger partial charge >= 0.3 is 12.0 Å². The molecule has 2 amide bonds. The van der Waals surface area contributed by atoms with E-state index < -0.39 is 17.9 Å². The molecule has 1 heterocycles. The molecule has 0 aromatic rings. The lowest BCUT2D eigenvalue weighted by molar-refractivity contribution is -0.142. The van der Waals surface area contributed by atoms with Gasteiger partial charge in [-0.15, -0.1) is 0 Å². The Morgan fingerprint density at radius 2 is 2.12 bits per heavy atom. The fourth-order valence-corrected chi connectivity index (χ4v) is 1.63. The zero-order chi connectivity index (χ0) is 12.7. The molecule has 1 rings (SSSR count). The first-order valence-electron chi connectivity index (χ1n) is 5.64. The average molecular weight is 245 g/mol. The Bertz CT molecular complexity index is 272. The first kappa shape index (κ1) is 13.7. The van der Waals surface area contributed by atoms with Gasteiger partial charge in [-0.3, -0.25) is 4.79 Å². The fraction of sp³-hybridized carbons (Fsp3) is 0.800. The molecule has 0 saturated carbocycles. The number of carbonyl (C=O) groups excluding carboxylic acids is 1. The summed E-state index contributed by atoms with van der Waals surface area (Å²) in [5.41, 5.74) is 0. The van der Waals surface area contributed by atoms with E-state index in [1.54, 1.807) is 0 Å². The quantitative estimate of drug-likeness (QED) is 0.450. The van der Waals surface area contributed by atoms with E-state index >= 15 is 0 Å². The SMILES string of the molecule is CNCCCNC(=O)NC1COCC1C(=O)O. The summed E-state index contributed by atoms with van der Waals surface area (Å²) in [7, 11) is 1.84. The van der Waals surface area contributed by atoms with Gasteiger partial charge in [0.2, 0.25) is 0 Å². The van der Waals surface area contributed by atoms with Crippen LogP contribution in [0, 0.1) is 5.92 Å². The molecule has 0 aromatic heterocycles. The maximum atomic E-state index is 11.4. The minimum absolute atomic E-state index is 0.153. The van der Waals surface area contributed by atoms with Crippen molar-refractivity contribution in [1.82, 2.24) is 16.0 Å². The van der Waals surface area contributed by atoms with Crippen LogP contribution in [0.1, 0.15) is 6.42 Å². The van der Waals surface area contributed by atoms with Crippen LogP contribution in [0.15, 0.2) is 0 Å². The number of urea groups is 1. The molecule has 4 N–H and O–H groups in total. The number of hydrogen-bond donors (Lipinski definition) is 4. The second-order valence-corrected chi connectivity index (χ2v) is 3.95. The molecule has 0 aromatic carbocycles. The Morgan fingerprint density at radius 3 is 2.76 bits per heavy atom. The number of carboxylic acid groups (broad SMARTS) is 1. The molecular formula is C10H19N3O4. The van der Waals surface area contributed by atoms with Crippen LogP contribution in [0.2, 0.25) is 0 Å². The van der Waals surface area contributed by atoms with Gasteiger partial charge < -0.3 is 25.8 Å². The van der Waals surface area contributed by atoms with E-state index in [1.165, 1.54) is 0 Å². The van der Waals surface area contributed by atoms with Crippen molar-refractivity contribution in [1.29, 1.82) is 0 Å². The van der Waals surface area contributed by atoms with Crippen molar-refractivity contribution < 1.29 is 19.4 Å². The molecule has 1 saturated heterocycles. The van der Waals surface area contributed by atoms with Crippen LogP contribution in [0.5, 0.6) is 0 Å². The van der Waals surface area contributed by atoms with E-state index in [0.717, 1.165) is 13.0 Å². The molecule has 0 radical (unpaired) electrons. The first-order chi connectivity index (χ1) is 8.15. The number of carbonyl (C=O) groups is 2. The van der Waals surface area contributed by atoms with Crippen molar-refractivity contribution in [3.05, 3.63) is 0 Å². The molecule has 0 aliphatic carbocycles. The molecule has 17 heavy (non-hydrogen) atoms. The molecule has 0 bridgehead atoms. The fourth-order valence-electron chi connectivity index (χ4n) is 1.63. The van der Waals surface area contributed by atoms with E-state index in [-0.39, 0.29) is 19.2 Å². The average Bonchev–Trinajstić information content (AvgIpc) is 2.72. The number of nitrogens with one attached hydrogen (secondary N) is 3. The van der Waals surface area contributed by atoms with Gasteiger partial charge in [-0.1, -0.05) is 0 Å². The van der Waals surface area contributed by atoms with Crippen LogP contribution in [0.3, 0.4) is 0 Å². The molecule has 1 aliphatic rings. The summed E-state index contributed by atoms with van der Waals surface area (Å²) in [5, 5.41) is 17.1. The van der Waals surface area contributed by atoms with Gasteiger partial charge in [-0.05, 0) is 20.0 Å². The van der Waals surface area contributed by atoms with Crippen LogP contribution in [-0.2, 0) is 9.53 Å². The lowest BCUT2D eigenvalue weighted by Crippen LogP contribution is -2.47. The second kappa shape index (κ2) is 7.08. The monoisotopic (exact) mass is 245 g/mol. The maximum absolute atomic E-state index is 11.4. The van der Waals surface area contributed by atoms with Crippen molar-refractivity contribution in [2.45, 2.75) is 12.5 Å². The van der Waals surface area contributed by atoms with Gasteiger partial charge in [-0.25, -0.2) is 4.79 Å². The minimum atomic E-state index is -0.942. The number of rotatable bonds is 6. The van der Waals surface area contributed by atoms with E-state index in [1.807, 2.05) is 7.05 Å². The predicted molar refractivity (Wildman–Crippen MR) is 60.8 cm³/mol. The summed E-state index contributed by atoms with van der Waals surface area (Å²) in [6.45, 7) is 1.78. The van der Waals surface area contributed by atoms with Crippen molar-refractivity contribution in [3.63, 3.8) is 0 Å². The summed E-state index contributed by atoms with van der Waals surface area (Å²) in [6, 6.07) is -0.792.